The van der Waals surface area contributed by atoms with Crippen LogP contribution in [0.25, 0.3) is 0 Å². The number of nitrogens with zero attached hydrogens (tertiary/aromatic N) is 3. The maximum Gasteiger partial charge on any atom is 0.0528 e. The predicted octanol–water partition coefficient (Wildman–Crippen LogP) is 0.0848. The van der Waals surface area contributed by atoms with Crippen LogP contribution in [-0.4, -0.2) is 40.9 Å². The third-order valence-corrected chi connectivity index (χ3v) is 3.22. The molecule has 4 heteroatoms. The largest absolute Gasteiger partial charge is 0.326 e. The number of aromatic nitrogens is 2. The number of likely N-dealkylation sites (N-methyl/N-ethyl adjacent to an activating group) is 1. The van der Waals surface area contributed by atoms with Gasteiger partial charge in [0.1, 0.15) is 0 Å². The van der Waals surface area contributed by atoms with Crippen molar-refractivity contribution in [3.8, 4) is 0 Å². The van der Waals surface area contributed by atoms with Crippen molar-refractivity contribution in [2.45, 2.75) is 18.9 Å². The van der Waals surface area contributed by atoms with Gasteiger partial charge in [0.2, 0.25) is 0 Å². The molecule has 1 fully saturated rings. The van der Waals surface area contributed by atoms with E-state index in [9.17, 15) is 0 Å². The van der Waals surface area contributed by atoms with E-state index in [1.165, 1.54) is 11.3 Å². The van der Waals surface area contributed by atoms with Gasteiger partial charge in [0.15, 0.2) is 0 Å². The average Bonchev–Trinajstić information content (AvgIpc) is 2.59. The molecule has 2 rings (SSSR count). The maximum atomic E-state index is 6.10. The lowest BCUT2D eigenvalue weighted by Crippen LogP contribution is -2.28. The highest BCUT2D eigenvalue weighted by molar-refractivity contribution is 5.25. The minimum absolute atomic E-state index is 0.253. The highest BCUT2D eigenvalue weighted by Crippen LogP contribution is 2.27. The predicted molar refractivity (Wildman–Crippen MR) is 56.2 cm³/mol. The summed E-state index contributed by atoms with van der Waals surface area (Å²) in [5.74, 6) is 0.452. The van der Waals surface area contributed by atoms with Gasteiger partial charge in [0.25, 0.3) is 0 Å². The first-order chi connectivity index (χ1) is 6.59. The summed E-state index contributed by atoms with van der Waals surface area (Å²) in [6.45, 7) is 4.14. The molecular formula is C10H18N4. The molecule has 2 atom stereocenters. The van der Waals surface area contributed by atoms with E-state index in [1.54, 1.807) is 0 Å². The van der Waals surface area contributed by atoms with Gasteiger partial charge in [-0.25, -0.2) is 0 Å². The van der Waals surface area contributed by atoms with Crippen LogP contribution in [0.1, 0.15) is 17.2 Å². The first-order valence-corrected chi connectivity index (χ1v) is 5.02. The monoisotopic (exact) mass is 194 g/mol. The SMILES string of the molecule is Cc1c([C@@H]2CN(C)C[C@H]2N)cnn1C. The summed E-state index contributed by atoms with van der Waals surface area (Å²) in [6, 6.07) is 0.253. The second-order valence-electron chi connectivity index (χ2n) is 4.30. The quantitative estimate of drug-likeness (QED) is 0.689. The van der Waals surface area contributed by atoms with Gasteiger partial charge in [-0.3, -0.25) is 4.68 Å². The van der Waals surface area contributed by atoms with Gasteiger partial charge in [-0.15, -0.1) is 0 Å². The van der Waals surface area contributed by atoms with Crippen LogP contribution in [0, 0.1) is 6.92 Å². The maximum absolute atomic E-state index is 6.10. The zero-order chi connectivity index (χ0) is 10.3. The molecule has 0 aliphatic carbocycles. The Kier molecular flexibility index (Phi) is 2.33. The summed E-state index contributed by atoms with van der Waals surface area (Å²) in [5.41, 5.74) is 8.65. The summed E-state index contributed by atoms with van der Waals surface area (Å²) in [5, 5.41) is 4.26. The number of nitrogens with two attached hydrogens (primary N) is 1. The molecule has 14 heavy (non-hydrogen) atoms. The number of hydrogen-bond acceptors (Lipinski definition) is 3. The van der Waals surface area contributed by atoms with Crippen molar-refractivity contribution in [2.24, 2.45) is 12.8 Å². The van der Waals surface area contributed by atoms with Crippen LogP contribution in [0.3, 0.4) is 0 Å². The molecule has 1 saturated heterocycles. The van der Waals surface area contributed by atoms with Crippen molar-refractivity contribution in [2.75, 3.05) is 20.1 Å². The van der Waals surface area contributed by atoms with Crippen molar-refractivity contribution >= 4 is 0 Å². The number of likely N-dealkylation sites (tertiary alicyclic amines) is 1. The first kappa shape index (κ1) is 9.68. The zero-order valence-electron chi connectivity index (χ0n) is 9.07. The normalized spacial score (nSPS) is 28.6. The van der Waals surface area contributed by atoms with Crippen molar-refractivity contribution in [3.63, 3.8) is 0 Å². The Morgan fingerprint density at radius 3 is 2.57 bits per heavy atom. The van der Waals surface area contributed by atoms with E-state index in [0.29, 0.717) is 5.92 Å². The summed E-state index contributed by atoms with van der Waals surface area (Å²) in [4.78, 5) is 2.28. The van der Waals surface area contributed by atoms with Gasteiger partial charge in [-0.1, -0.05) is 0 Å². The van der Waals surface area contributed by atoms with Gasteiger partial charge in [-0.2, -0.15) is 5.10 Å². The Bertz CT molecular complexity index is 331. The molecule has 1 aliphatic heterocycles. The molecule has 2 heterocycles. The standard InChI is InChI=1S/C10H18N4/c1-7-8(4-12-14(7)3)9-5-13(2)6-10(9)11/h4,9-10H,5-6,11H2,1-3H3/t9-,10+/m0/s1. The summed E-state index contributed by atoms with van der Waals surface area (Å²) < 4.78 is 1.92. The van der Waals surface area contributed by atoms with Crippen LogP contribution < -0.4 is 5.73 Å². The fraction of sp³-hybridized carbons (Fsp3) is 0.700. The van der Waals surface area contributed by atoms with Gasteiger partial charge >= 0.3 is 0 Å². The number of aryl methyl sites for hydroxylation is 1. The van der Waals surface area contributed by atoms with E-state index in [1.807, 2.05) is 17.9 Å². The highest BCUT2D eigenvalue weighted by Gasteiger charge is 2.31. The van der Waals surface area contributed by atoms with Crippen molar-refractivity contribution in [1.29, 1.82) is 0 Å². The molecule has 0 spiro atoms. The molecule has 1 aromatic rings. The molecule has 78 valence electrons. The first-order valence-electron chi connectivity index (χ1n) is 5.02. The van der Waals surface area contributed by atoms with Crippen LogP contribution in [0.15, 0.2) is 6.20 Å². The summed E-state index contributed by atoms with van der Waals surface area (Å²) in [6.07, 6.45) is 1.96. The Balaban J connectivity index is 2.27. The second-order valence-corrected chi connectivity index (χ2v) is 4.30. The molecule has 0 unspecified atom stereocenters. The zero-order valence-corrected chi connectivity index (χ0v) is 9.07. The molecule has 0 radical (unpaired) electrons. The molecule has 0 aromatic carbocycles. The van der Waals surface area contributed by atoms with Crippen LogP contribution in [0.4, 0.5) is 0 Å². The van der Waals surface area contributed by atoms with E-state index in [2.05, 4.69) is 24.0 Å². The van der Waals surface area contributed by atoms with Gasteiger partial charge in [0, 0.05) is 37.8 Å². The van der Waals surface area contributed by atoms with Crippen LogP contribution in [0.5, 0.6) is 0 Å². The average molecular weight is 194 g/mol. The Labute approximate surface area is 84.7 Å². The minimum atomic E-state index is 0.253. The van der Waals surface area contributed by atoms with E-state index in [4.69, 9.17) is 5.73 Å². The Hall–Kier alpha value is -0.870. The van der Waals surface area contributed by atoms with Crippen molar-refractivity contribution in [1.82, 2.24) is 14.7 Å². The molecule has 0 saturated carbocycles. The lowest BCUT2D eigenvalue weighted by atomic mass is 9.96. The second kappa shape index (κ2) is 3.37. The molecule has 1 aliphatic rings. The molecule has 0 amide bonds. The lowest BCUT2D eigenvalue weighted by Gasteiger charge is -2.13. The van der Waals surface area contributed by atoms with Crippen LogP contribution >= 0.6 is 0 Å². The Morgan fingerprint density at radius 2 is 2.14 bits per heavy atom. The number of hydrogen-bond donors (Lipinski definition) is 1. The van der Waals surface area contributed by atoms with Crippen LogP contribution in [0.2, 0.25) is 0 Å². The molecular weight excluding hydrogens is 176 g/mol. The summed E-state index contributed by atoms with van der Waals surface area (Å²) >= 11 is 0. The van der Waals surface area contributed by atoms with Crippen LogP contribution in [-0.2, 0) is 7.05 Å². The van der Waals surface area contributed by atoms with E-state index in [0.717, 1.165) is 13.1 Å². The Morgan fingerprint density at radius 1 is 1.43 bits per heavy atom. The minimum Gasteiger partial charge on any atom is -0.326 e. The molecule has 2 N–H and O–H groups in total. The van der Waals surface area contributed by atoms with Gasteiger partial charge in [-0.05, 0) is 19.5 Å². The summed E-state index contributed by atoms with van der Waals surface area (Å²) in [7, 11) is 4.09. The van der Waals surface area contributed by atoms with Gasteiger partial charge < -0.3 is 10.6 Å². The fourth-order valence-electron chi connectivity index (χ4n) is 2.24. The highest BCUT2D eigenvalue weighted by atomic mass is 15.3. The topological polar surface area (TPSA) is 47.1 Å². The molecule has 1 aromatic heterocycles. The number of rotatable bonds is 1. The van der Waals surface area contributed by atoms with Crippen molar-refractivity contribution in [3.05, 3.63) is 17.5 Å². The third kappa shape index (κ3) is 1.44. The van der Waals surface area contributed by atoms with E-state index in [-0.39, 0.29) is 6.04 Å². The molecule has 4 nitrogen and oxygen atoms in total. The van der Waals surface area contributed by atoms with E-state index >= 15 is 0 Å². The third-order valence-electron chi connectivity index (χ3n) is 3.22. The van der Waals surface area contributed by atoms with E-state index < -0.39 is 0 Å². The smallest absolute Gasteiger partial charge is 0.0528 e. The lowest BCUT2D eigenvalue weighted by molar-refractivity contribution is 0.407. The fourth-order valence-corrected chi connectivity index (χ4v) is 2.24. The molecule has 0 bridgehead atoms. The van der Waals surface area contributed by atoms with Gasteiger partial charge in [0.05, 0.1) is 6.20 Å². The van der Waals surface area contributed by atoms with Crippen molar-refractivity contribution < 1.29 is 0 Å².